The topological polar surface area (TPSA) is 70.8 Å². The van der Waals surface area contributed by atoms with Crippen LogP contribution in [-0.4, -0.2) is 60.3 Å². The van der Waals surface area contributed by atoms with E-state index in [4.69, 9.17) is 9.26 Å². The molecule has 0 atom stereocenters. The Morgan fingerprint density at radius 2 is 2.12 bits per heavy atom. The van der Waals surface area contributed by atoms with Crippen LogP contribution in [0.3, 0.4) is 0 Å². The third-order valence-electron chi connectivity index (χ3n) is 3.98. The summed E-state index contributed by atoms with van der Waals surface area (Å²) in [6.07, 6.45) is 1.56. The maximum Gasteiger partial charge on any atom is 0.317 e. The zero-order valence-corrected chi connectivity index (χ0v) is 13.9. The summed E-state index contributed by atoms with van der Waals surface area (Å²) >= 11 is 0. The van der Waals surface area contributed by atoms with Gasteiger partial charge in [-0.25, -0.2) is 9.18 Å². The van der Waals surface area contributed by atoms with Crippen LogP contribution in [0.2, 0.25) is 0 Å². The Bertz CT molecular complexity index is 672. The van der Waals surface area contributed by atoms with Gasteiger partial charge in [0.05, 0.1) is 12.2 Å². The number of urea groups is 1. The van der Waals surface area contributed by atoms with E-state index in [2.05, 4.69) is 15.4 Å². The normalized spacial score (nSPS) is 15.2. The number of aromatic nitrogens is 1. The first-order valence-corrected chi connectivity index (χ1v) is 8.23. The number of piperazine rings is 1. The number of nitrogens with one attached hydrogen (secondary N) is 1. The van der Waals surface area contributed by atoms with Crippen molar-refractivity contribution in [2.24, 2.45) is 0 Å². The van der Waals surface area contributed by atoms with Crippen LogP contribution in [0.25, 0.3) is 0 Å². The fraction of sp³-hybridized carbons (Fsp3) is 0.412. The summed E-state index contributed by atoms with van der Waals surface area (Å²) in [6.45, 7) is 4.30. The second kappa shape index (κ2) is 8.48. The molecule has 1 aliphatic heterocycles. The molecule has 1 saturated heterocycles. The minimum Gasteiger partial charge on any atom is -0.492 e. The van der Waals surface area contributed by atoms with Gasteiger partial charge in [0.1, 0.15) is 24.4 Å². The Hall–Kier alpha value is -2.61. The van der Waals surface area contributed by atoms with Crippen molar-refractivity contribution in [2.45, 2.75) is 6.54 Å². The Labute approximate surface area is 145 Å². The largest absolute Gasteiger partial charge is 0.492 e. The molecule has 0 spiro atoms. The van der Waals surface area contributed by atoms with Gasteiger partial charge in [-0.05, 0) is 12.1 Å². The number of nitrogens with zero attached hydrogens (tertiary/aromatic N) is 3. The van der Waals surface area contributed by atoms with Crippen molar-refractivity contribution in [3.63, 3.8) is 0 Å². The van der Waals surface area contributed by atoms with Gasteiger partial charge < -0.3 is 19.5 Å². The van der Waals surface area contributed by atoms with Crippen LogP contribution in [0.4, 0.5) is 9.18 Å². The minimum absolute atomic E-state index is 0.107. The third kappa shape index (κ3) is 5.18. The van der Waals surface area contributed by atoms with Crippen molar-refractivity contribution >= 4 is 6.03 Å². The highest BCUT2D eigenvalue weighted by molar-refractivity contribution is 5.74. The summed E-state index contributed by atoms with van der Waals surface area (Å²) < 4.78 is 23.3. The van der Waals surface area contributed by atoms with E-state index in [0.29, 0.717) is 32.0 Å². The molecular formula is C17H21FN4O3. The Morgan fingerprint density at radius 1 is 1.28 bits per heavy atom. The molecule has 0 unspecified atom stereocenters. The van der Waals surface area contributed by atoms with Gasteiger partial charge in [0.25, 0.3) is 0 Å². The quantitative estimate of drug-likeness (QED) is 0.805. The van der Waals surface area contributed by atoms with Gasteiger partial charge in [-0.15, -0.1) is 0 Å². The number of carbonyl (C=O) groups excluding carboxylic acids is 1. The summed E-state index contributed by atoms with van der Waals surface area (Å²) in [6, 6.07) is 7.68. The van der Waals surface area contributed by atoms with E-state index in [1.54, 1.807) is 23.3 Å². The number of hydrogen-bond donors (Lipinski definition) is 1. The van der Waals surface area contributed by atoms with Crippen LogP contribution in [0.1, 0.15) is 5.69 Å². The zero-order chi connectivity index (χ0) is 17.5. The number of amides is 2. The molecule has 134 valence electrons. The van der Waals surface area contributed by atoms with E-state index in [1.807, 2.05) is 6.07 Å². The molecule has 7 nitrogen and oxygen atoms in total. The first-order valence-electron chi connectivity index (χ1n) is 8.23. The average molecular weight is 348 g/mol. The van der Waals surface area contributed by atoms with Gasteiger partial charge in [-0.2, -0.15) is 0 Å². The molecule has 0 bridgehead atoms. The fourth-order valence-corrected chi connectivity index (χ4v) is 2.65. The molecule has 0 aliphatic carbocycles. The molecule has 0 radical (unpaired) electrons. The summed E-state index contributed by atoms with van der Waals surface area (Å²) in [5, 5.41) is 6.72. The molecule has 25 heavy (non-hydrogen) atoms. The van der Waals surface area contributed by atoms with Crippen molar-refractivity contribution in [2.75, 3.05) is 39.3 Å². The molecule has 1 N–H and O–H groups in total. The number of halogens is 1. The SMILES string of the molecule is O=C(NCCOc1cccc(F)c1)N1CCN(Cc2ccon2)CC1. The monoisotopic (exact) mass is 348 g/mol. The summed E-state index contributed by atoms with van der Waals surface area (Å²) in [7, 11) is 0. The smallest absolute Gasteiger partial charge is 0.317 e. The van der Waals surface area contributed by atoms with E-state index >= 15 is 0 Å². The van der Waals surface area contributed by atoms with Crippen LogP contribution in [0.15, 0.2) is 41.1 Å². The number of hydrogen-bond acceptors (Lipinski definition) is 5. The highest BCUT2D eigenvalue weighted by Crippen LogP contribution is 2.11. The first-order chi connectivity index (χ1) is 12.2. The van der Waals surface area contributed by atoms with Gasteiger partial charge in [0.15, 0.2) is 0 Å². The van der Waals surface area contributed by atoms with Gasteiger partial charge in [-0.3, -0.25) is 4.90 Å². The van der Waals surface area contributed by atoms with Gasteiger partial charge in [0.2, 0.25) is 0 Å². The molecule has 8 heteroatoms. The maximum absolute atomic E-state index is 13.0. The lowest BCUT2D eigenvalue weighted by Crippen LogP contribution is -2.51. The van der Waals surface area contributed by atoms with Crippen molar-refractivity contribution in [3.05, 3.63) is 48.1 Å². The van der Waals surface area contributed by atoms with Crippen molar-refractivity contribution in [1.82, 2.24) is 20.3 Å². The van der Waals surface area contributed by atoms with Crippen molar-refractivity contribution < 1.29 is 18.4 Å². The Morgan fingerprint density at radius 3 is 2.84 bits per heavy atom. The van der Waals surface area contributed by atoms with Crippen LogP contribution in [0, 0.1) is 5.82 Å². The highest BCUT2D eigenvalue weighted by Gasteiger charge is 2.21. The zero-order valence-electron chi connectivity index (χ0n) is 13.9. The number of carbonyl (C=O) groups is 1. The van der Waals surface area contributed by atoms with Crippen LogP contribution >= 0.6 is 0 Å². The van der Waals surface area contributed by atoms with Gasteiger partial charge >= 0.3 is 6.03 Å². The molecule has 1 aliphatic rings. The summed E-state index contributed by atoms with van der Waals surface area (Å²) in [4.78, 5) is 16.2. The molecule has 1 fully saturated rings. The lowest BCUT2D eigenvalue weighted by molar-refractivity contribution is 0.132. The highest BCUT2D eigenvalue weighted by atomic mass is 19.1. The number of rotatable bonds is 6. The van der Waals surface area contributed by atoms with E-state index < -0.39 is 0 Å². The standard InChI is InChI=1S/C17H21FN4O3/c18-14-2-1-3-16(12-14)24-11-5-19-17(23)22-8-6-21(7-9-22)13-15-4-10-25-20-15/h1-4,10,12H,5-9,11,13H2,(H,19,23). The fourth-order valence-electron chi connectivity index (χ4n) is 2.65. The third-order valence-corrected chi connectivity index (χ3v) is 3.98. The minimum atomic E-state index is -0.343. The molecular weight excluding hydrogens is 327 g/mol. The maximum atomic E-state index is 13.0. The Kier molecular flexibility index (Phi) is 5.84. The second-order valence-corrected chi connectivity index (χ2v) is 5.79. The van der Waals surface area contributed by atoms with Crippen LogP contribution in [0.5, 0.6) is 5.75 Å². The number of benzene rings is 1. The van der Waals surface area contributed by atoms with Crippen molar-refractivity contribution in [3.8, 4) is 5.75 Å². The lowest BCUT2D eigenvalue weighted by Gasteiger charge is -2.34. The Balaban J connectivity index is 1.32. The van der Waals surface area contributed by atoms with Gasteiger partial charge in [0, 0.05) is 44.9 Å². The molecule has 0 saturated carbocycles. The average Bonchev–Trinajstić information content (AvgIpc) is 3.12. The molecule has 2 aromatic rings. The van der Waals surface area contributed by atoms with Crippen LogP contribution in [-0.2, 0) is 6.54 Å². The molecule has 2 amide bonds. The summed E-state index contributed by atoms with van der Waals surface area (Å²) in [5.74, 6) is 0.112. The van der Waals surface area contributed by atoms with Crippen molar-refractivity contribution in [1.29, 1.82) is 0 Å². The lowest BCUT2D eigenvalue weighted by atomic mass is 10.3. The predicted molar refractivity (Wildman–Crippen MR) is 88.6 cm³/mol. The predicted octanol–water partition coefficient (Wildman–Crippen LogP) is 1.72. The summed E-state index contributed by atoms with van der Waals surface area (Å²) in [5.41, 5.74) is 0.896. The number of ether oxygens (including phenoxy) is 1. The van der Waals surface area contributed by atoms with Gasteiger partial charge in [-0.1, -0.05) is 11.2 Å². The molecule has 3 rings (SSSR count). The van der Waals surface area contributed by atoms with Crippen LogP contribution < -0.4 is 10.1 Å². The van der Waals surface area contributed by atoms with E-state index in [9.17, 15) is 9.18 Å². The van der Waals surface area contributed by atoms with E-state index in [1.165, 1.54) is 12.1 Å². The first kappa shape index (κ1) is 17.2. The molecule has 1 aromatic heterocycles. The van der Waals surface area contributed by atoms with E-state index in [-0.39, 0.29) is 11.8 Å². The van der Waals surface area contributed by atoms with E-state index in [0.717, 1.165) is 25.3 Å². The molecule has 2 heterocycles. The molecule has 1 aromatic carbocycles. The second-order valence-electron chi connectivity index (χ2n) is 5.79.